The molecule has 10 heavy (non-hydrogen) atoms. The molecule has 0 radical (unpaired) electrons. The van der Waals surface area contributed by atoms with Crippen LogP contribution in [0.5, 0.6) is 0 Å². The number of aliphatic hydroxyl groups excluding tert-OH is 2. The van der Waals surface area contributed by atoms with Crippen LogP contribution in [0.15, 0.2) is 0 Å². The molecule has 0 aromatic rings. The molecule has 0 aliphatic heterocycles. The van der Waals surface area contributed by atoms with Crippen molar-refractivity contribution in [2.45, 2.75) is 44.8 Å². The Hall–Kier alpha value is -0.0800. The summed E-state index contributed by atoms with van der Waals surface area (Å²) in [6, 6.07) is 0. The normalized spacial score (nSPS) is 42.9. The first kappa shape index (κ1) is 8.02. The van der Waals surface area contributed by atoms with Crippen molar-refractivity contribution in [1.82, 2.24) is 0 Å². The molecule has 1 fully saturated rings. The molecule has 0 aromatic heterocycles. The molecule has 0 heterocycles. The van der Waals surface area contributed by atoms with Gasteiger partial charge in [0.2, 0.25) is 0 Å². The van der Waals surface area contributed by atoms with Gasteiger partial charge in [0.15, 0.2) is 0 Å². The van der Waals surface area contributed by atoms with Gasteiger partial charge in [-0.15, -0.1) is 0 Å². The first-order chi connectivity index (χ1) is 4.70. The van der Waals surface area contributed by atoms with Crippen molar-refractivity contribution in [2.24, 2.45) is 5.92 Å². The quantitative estimate of drug-likeness (QED) is 0.496. The highest BCUT2D eigenvalue weighted by Gasteiger charge is 2.20. The Bertz CT molecular complexity index is 91.4. The third-order valence-electron chi connectivity index (χ3n) is 2.41. The van der Waals surface area contributed by atoms with E-state index in [2.05, 4.69) is 0 Å². The van der Waals surface area contributed by atoms with Gasteiger partial charge in [-0.3, -0.25) is 0 Å². The maximum Gasteiger partial charge on any atom is 0.0566 e. The first-order valence-corrected chi connectivity index (χ1v) is 4.06. The highest BCUT2D eigenvalue weighted by molar-refractivity contribution is 4.73. The van der Waals surface area contributed by atoms with Crippen molar-refractivity contribution in [1.29, 1.82) is 0 Å². The highest BCUT2D eigenvalue weighted by Crippen LogP contribution is 2.22. The van der Waals surface area contributed by atoms with Gasteiger partial charge in [0.05, 0.1) is 12.2 Å². The van der Waals surface area contributed by atoms with Crippen LogP contribution in [0.3, 0.4) is 0 Å². The van der Waals surface area contributed by atoms with Crippen molar-refractivity contribution in [3.8, 4) is 0 Å². The Labute approximate surface area is 61.9 Å². The van der Waals surface area contributed by atoms with Crippen molar-refractivity contribution < 1.29 is 10.2 Å². The van der Waals surface area contributed by atoms with E-state index < -0.39 is 0 Å². The summed E-state index contributed by atoms with van der Waals surface area (Å²) in [6.45, 7) is 2.04. The van der Waals surface area contributed by atoms with Gasteiger partial charge in [-0.2, -0.15) is 0 Å². The molecule has 0 bridgehead atoms. The molecule has 1 saturated carbocycles. The average Bonchev–Trinajstić information content (AvgIpc) is 2.04. The van der Waals surface area contributed by atoms with Crippen molar-refractivity contribution in [3.63, 3.8) is 0 Å². The van der Waals surface area contributed by atoms with Crippen LogP contribution in [0, 0.1) is 5.92 Å². The molecule has 1 aliphatic carbocycles. The van der Waals surface area contributed by atoms with E-state index in [1.54, 1.807) is 0 Å². The SMILES string of the molecule is CC1CCC(O)CCC1O. The topological polar surface area (TPSA) is 40.5 Å². The van der Waals surface area contributed by atoms with Gasteiger partial charge in [0.1, 0.15) is 0 Å². The van der Waals surface area contributed by atoms with E-state index in [0.717, 1.165) is 25.7 Å². The van der Waals surface area contributed by atoms with Gasteiger partial charge in [-0.1, -0.05) is 6.92 Å². The van der Waals surface area contributed by atoms with Crippen LogP contribution in [0.4, 0.5) is 0 Å². The lowest BCUT2D eigenvalue weighted by atomic mass is 10.0. The molecule has 1 aliphatic rings. The molecule has 0 aromatic carbocycles. The molecule has 3 atom stereocenters. The van der Waals surface area contributed by atoms with E-state index in [4.69, 9.17) is 0 Å². The Morgan fingerprint density at radius 2 is 1.60 bits per heavy atom. The van der Waals surface area contributed by atoms with Gasteiger partial charge >= 0.3 is 0 Å². The Balaban J connectivity index is 2.38. The lowest BCUT2D eigenvalue weighted by Crippen LogP contribution is -2.14. The largest absolute Gasteiger partial charge is 0.393 e. The Morgan fingerprint density at radius 1 is 1.00 bits per heavy atom. The first-order valence-electron chi connectivity index (χ1n) is 4.06. The summed E-state index contributed by atoms with van der Waals surface area (Å²) < 4.78 is 0. The molecule has 2 heteroatoms. The van der Waals surface area contributed by atoms with E-state index in [1.807, 2.05) is 6.92 Å². The predicted octanol–water partition coefficient (Wildman–Crippen LogP) is 0.918. The van der Waals surface area contributed by atoms with Gasteiger partial charge in [-0.25, -0.2) is 0 Å². The van der Waals surface area contributed by atoms with Crippen LogP contribution in [0.2, 0.25) is 0 Å². The second-order valence-electron chi connectivity index (χ2n) is 3.35. The monoisotopic (exact) mass is 144 g/mol. The van der Waals surface area contributed by atoms with Crippen molar-refractivity contribution in [2.75, 3.05) is 0 Å². The third-order valence-corrected chi connectivity index (χ3v) is 2.41. The third kappa shape index (κ3) is 1.96. The molecule has 0 amide bonds. The second kappa shape index (κ2) is 3.35. The second-order valence-corrected chi connectivity index (χ2v) is 3.35. The maximum absolute atomic E-state index is 9.36. The minimum absolute atomic E-state index is 0.167. The van der Waals surface area contributed by atoms with E-state index >= 15 is 0 Å². The molecule has 0 spiro atoms. The molecule has 0 saturated heterocycles. The van der Waals surface area contributed by atoms with E-state index in [0.29, 0.717) is 5.92 Å². The fourth-order valence-corrected chi connectivity index (χ4v) is 1.44. The summed E-state index contributed by atoms with van der Waals surface area (Å²) in [4.78, 5) is 0. The zero-order chi connectivity index (χ0) is 7.56. The van der Waals surface area contributed by atoms with Gasteiger partial charge in [-0.05, 0) is 31.6 Å². The van der Waals surface area contributed by atoms with Crippen LogP contribution in [-0.4, -0.2) is 22.4 Å². The van der Waals surface area contributed by atoms with Crippen LogP contribution >= 0.6 is 0 Å². The standard InChI is InChI=1S/C8H16O2/c1-6-2-3-7(9)4-5-8(6)10/h6-10H,2-5H2,1H3. The van der Waals surface area contributed by atoms with E-state index in [1.165, 1.54) is 0 Å². The molecule has 60 valence electrons. The molecular weight excluding hydrogens is 128 g/mol. The summed E-state index contributed by atoms with van der Waals surface area (Å²) in [5.41, 5.74) is 0. The summed E-state index contributed by atoms with van der Waals surface area (Å²) in [5, 5.41) is 18.6. The van der Waals surface area contributed by atoms with Gasteiger partial charge in [0, 0.05) is 0 Å². The van der Waals surface area contributed by atoms with Gasteiger partial charge in [0.25, 0.3) is 0 Å². The van der Waals surface area contributed by atoms with E-state index in [9.17, 15) is 10.2 Å². The summed E-state index contributed by atoms with van der Waals surface area (Å²) in [5.74, 6) is 0.372. The number of aliphatic hydroxyl groups is 2. The summed E-state index contributed by atoms with van der Waals surface area (Å²) in [7, 11) is 0. The lowest BCUT2D eigenvalue weighted by Gasteiger charge is -2.13. The number of hydrogen-bond donors (Lipinski definition) is 2. The zero-order valence-corrected chi connectivity index (χ0v) is 6.45. The highest BCUT2D eigenvalue weighted by atomic mass is 16.3. The Kier molecular flexibility index (Phi) is 2.69. The van der Waals surface area contributed by atoms with Crippen molar-refractivity contribution in [3.05, 3.63) is 0 Å². The summed E-state index contributed by atoms with van der Waals surface area (Å²) in [6.07, 6.45) is 3.01. The van der Waals surface area contributed by atoms with Crippen molar-refractivity contribution >= 4 is 0 Å². The van der Waals surface area contributed by atoms with Crippen LogP contribution in [0.1, 0.15) is 32.6 Å². The smallest absolute Gasteiger partial charge is 0.0566 e. The van der Waals surface area contributed by atoms with Crippen LogP contribution < -0.4 is 0 Å². The molecule has 1 rings (SSSR count). The average molecular weight is 144 g/mol. The maximum atomic E-state index is 9.36. The number of rotatable bonds is 0. The molecule has 2 nitrogen and oxygen atoms in total. The fraction of sp³-hybridized carbons (Fsp3) is 1.00. The molecule has 3 unspecified atom stereocenters. The summed E-state index contributed by atoms with van der Waals surface area (Å²) >= 11 is 0. The molecule has 2 N–H and O–H groups in total. The Morgan fingerprint density at radius 3 is 2.30 bits per heavy atom. The fourth-order valence-electron chi connectivity index (χ4n) is 1.44. The predicted molar refractivity (Wildman–Crippen MR) is 39.6 cm³/mol. The van der Waals surface area contributed by atoms with Crippen LogP contribution in [0.25, 0.3) is 0 Å². The molecular formula is C8H16O2. The number of hydrogen-bond acceptors (Lipinski definition) is 2. The van der Waals surface area contributed by atoms with E-state index in [-0.39, 0.29) is 12.2 Å². The lowest BCUT2D eigenvalue weighted by molar-refractivity contribution is 0.106. The van der Waals surface area contributed by atoms with Crippen LogP contribution in [-0.2, 0) is 0 Å². The minimum Gasteiger partial charge on any atom is -0.393 e. The zero-order valence-electron chi connectivity index (χ0n) is 6.45. The van der Waals surface area contributed by atoms with Gasteiger partial charge < -0.3 is 10.2 Å². The minimum atomic E-state index is -0.183.